The van der Waals surface area contributed by atoms with Gasteiger partial charge in [0.05, 0.1) is 12.1 Å². The van der Waals surface area contributed by atoms with Gasteiger partial charge in [-0.1, -0.05) is 24.3 Å². The standard InChI is InChI=1S/C25H31N5OS/c1-28-13-15-30(16-14-28)18-21-3-5-22(6-4-21)25-27-23(19-32-25)17-24(31)29(2)12-9-20-7-10-26-11-8-20/h3-8,10-11,19H,9,12-18H2,1-2H3. The highest BCUT2D eigenvalue weighted by molar-refractivity contribution is 7.13. The number of benzene rings is 1. The van der Waals surface area contributed by atoms with Crippen LogP contribution in [0.15, 0.2) is 54.2 Å². The van der Waals surface area contributed by atoms with Crippen LogP contribution in [-0.2, 0) is 24.2 Å². The van der Waals surface area contributed by atoms with Crippen molar-refractivity contribution in [2.24, 2.45) is 0 Å². The molecule has 1 saturated heterocycles. The van der Waals surface area contributed by atoms with E-state index in [0.717, 1.165) is 55.4 Å². The number of likely N-dealkylation sites (N-methyl/N-ethyl adjacent to an activating group) is 2. The monoisotopic (exact) mass is 449 g/mol. The topological polar surface area (TPSA) is 52.6 Å². The minimum atomic E-state index is 0.0958. The molecule has 0 saturated carbocycles. The van der Waals surface area contributed by atoms with Crippen molar-refractivity contribution in [2.45, 2.75) is 19.4 Å². The average molecular weight is 450 g/mol. The molecular formula is C25H31N5OS. The maximum absolute atomic E-state index is 12.6. The highest BCUT2D eigenvalue weighted by atomic mass is 32.1. The van der Waals surface area contributed by atoms with E-state index >= 15 is 0 Å². The Morgan fingerprint density at radius 3 is 2.47 bits per heavy atom. The minimum Gasteiger partial charge on any atom is -0.345 e. The highest BCUT2D eigenvalue weighted by Crippen LogP contribution is 2.25. The van der Waals surface area contributed by atoms with Gasteiger partial charge in [0.25, 0.3) is 0 Å². The van der Waals surface area contributed by atoms with Gasteiger partial charge in [-0.15, -0.1) is 11.3 Å². The third-order valence-corrected chi connectivity index (χ3v) is 6.94. The molecule has 0 unspecified atom stereocenters. The van der Waals surface area contributed by atoms with Crippen LogP contribution in [-0.4, -0.2) is 77.4 Å². The van der Waals surface area contributed by atoms with Crippen molar-refractivity contribution in [1.29, 1.82) is 0 Å². The molecule has 7 heteroatoms. The van der Waals surface area contributed by atoms with E-state index in [1.807, 2.05) is 24.6 Å². The second kappa shape index (κ2) is 10.8. The van der Waals surface area contributed by atoms with E-state index in [9.17, 15) is 4.79 Å². The number of rotatable bonds is 8. The number of carbonyl (C=O) groups is 1. The van der Waals surface area contributed by atoms with Crippen LogP contribution in [0.1, 0.15) is 16.8 Å². The van der Waals surface area contributed by atoms with E-state index in [-0.39, 0.29) is 5.91 Å². The number of hydrogen-bond acceptors (Lipinski definition) is 6. The Bertz CT molecular complexity index is 997. The van der Waals surface area contributed by atoms with Crippen molar-refractivity contribution in [1.82, 2.24) is 24.7 Å². The van der Waals surface area contributed by atoms with Crippen LogP contribution >= 0.6 is 11.3 Å². The summed E-state index contributed by atoms with van der Waals surface area (Å²) in [5, 5.41) is 2.97. The van der Waals surface area contributed by atoms with Gasteiger partial charge in [0.1, 0.15) is 5.01 Å². The van der Waals surface area contributed by atoms with E-state index < -0.39 is 0 Å². The first-order chi connectivity index (χ1) is 15.6. The number of hydrogen-bond donors (Lipinski definition) is 0. The van der Waals surface area contributed by atoms with E-state index in [1.165, 1.54) is 11.1 Å². The van der Waals surface area contributed by atoms with Crippen molar-refractivity contribution >= 4 is 17.2 Å². The maximum Gasteiger partial charge on any atom is 0.228 e. The lowest BCUT2D eigenvalue weighted by Crippen LogP contribution is -2.43. The molecule has 0 radical (unpaired) electrons. The van der Waals surface area contributed by atoms with Gasteiger partial charge in [0, 0.05) is 69.7 Å². The lowest BCUT2D eigenvalue weighted by Gasteiger charge is -2.32. The molecule has 0 N–H and O–H groups in total. The van der Waals surface area contributed by atoms with Crippen molar-refractivity contribution in [3.05, 3.63) is 71.0 Å². The number of thiazole rings is 1. The zero-order chi connectivity index (χ0) is 22.3. The van der Waals surface area contributed by atoms with Crippen molar-refractivity contribution in [3.63, 3.8) is 0 Å². The largest absolute Gasteiger partial charge is 0.345 e. The molecule has 6 nitrogen and oxygen atoms in total. The van der Waals surface area contributed by atoms with Gasteiger partial charge in [0.15, 0.2) is 0 Å². The number of pyridine rings is 1. The summed E-state index contributed by atoms with van der Waals surface area (Å²) in [6, 6.07) is 12.7. The molecule has 0 spiro atoms. The third kappa shape index (κ3) is 6.22. The van der Waals surface area contributed by atoms with Gasteiger partial charge in [-0.25, -0.2) is 4.98 Å². The van der Waals surface area contributed by atoms with Crippen molar-refractivity contribution in [2.75, 3.05) is 46.8 Å². The van der Waals surface area contributed by atoms with Crippen LogP contribution in [0.25, 0.3) is 10.6 Å². The molecule has 32 heavy (non-hydrogen) atoms. The van der Waals surface area contributed by atoms with E-state index in [4.69, 9.17) is 4.98 Å². The molecule has 3 heterocycles. The Hall–Kier alpha value is -2.61. The average Bonchev–Trinajstić information content (AvgIpc) is 3.28. The molecule has 1 aliphatic rings. The molecule has 1 aliphatic heterocycles. The smallest absolute Gasteiger partial charge is 0.228 e. The van der Waals surface area contributed by atoms with E-state index in [1.54, 1.807) is 28.6 Å². The van der Waals surface area contributed by atoms with Crippen LogP contribution < -0.4 is 0 Å². The van der Waals surface area contributed by atoms with Crippen LogP contribution in [0.5, 0.6) is 0 Å². The lowest BCUT2D eigenvalue weighted by atomic mass is 10.1. The summed E-state index contributed by atoms with van der Waals surface area (Å²) in [6.07, 6.45) is 4.73. The maximum atomic E-state index is 12.6. The quantitative estimate of drug-likeness (QED) is 0.529. The summed E-state index contributed by atoms with van der Waals surface area (Å²) in [6.45, 7) is 6.21. The first kappa shape index (κ1) is 22.6. The summed E-state index contributed by atoms with van der Waals surface area (Å²) in [5.41, 5.74) is 4.47. The normalized spacial score (nSPS) is 15.1. The fourth-order valence-corrected chi connectivity index (χ4v) is 4.62. The number of piperazine rings is 1. The molecule has 3 aromatic rings. The number of nitrogens with zero attached hydrogens (tertiary/aromatic N) is 5. The van der Waals surface area contributed by atoms with Crippen LogP contribution in [0.4, 0.5) is 0 Å². The van der Waals surface area contributed by atoms with Gasteiger partial charge in [-0.05, 0) is 36.7 Å². The summed E-state index contributed by atoms with van der Waals surface area (Å²) in [7, 11) is 4.04. The molecule has 4 rings (SSSR count). The Morgan fingerprint density at radius 2 is 1.75 bits per heavy atom. The third-order valence-electron chi connectivity index (χ3n) is 6.00. The Labute approximate surface area is 194 Å². The van der Waals surface area contributed by atoms with Gasteiger partial charge >= 0.3 is 0 Å². The minimum absolute atomic E-state index is 0.0958. The van der Waals surface area contributed by atoms with Crippen LogP contribution in [0.2, 0.25) is 0 Å². The zero-order valence-corrected chi connectivity index (χ0v) is 19.7. The second-order valence-electron chi connectivity index (χ2n) is 8.52. The molecule has 0 bridgehead atoms. The number of carbonyl (C=O) groups excluding carboxylic acids is 1. The summed E-state index contributed by atoms with van der Waals surface area (Å²) < 4.78 is 0. The van der Waals surface area contributed by atoms with Gasteiger partial charge in [-0.3, -0.25) is 14.7 Å². The van der Waals surface area contributed by atoms with Crippen LogP contribution in [0, 0.1) is 0 Å². The van der Waals surface area contributed by atoms with Gasteiger partial charge in [-0.2, -0.15) is 0 Å². The first-order valence-electron chi connectivity index (χ1n) is 11.1. The fraction of sp³-hybridized carbons (Fsp3) is 0.400. The number of amides is 1. The van der Waals surface area contributed by atoms with E-state index in [0.29, 0.717) is 13.0 Å². The van der Waals surface area contributed by atoms with Crippen molar-refractivity contribution < 1.29 is 4.79 Å². The van der Waals surface area contributed by atoms with Gasteiger partial charge < -0.3 is 9.80 Å². The Morgan fingerprint density at radius 1 is 1.03 bits per heavy atom. The summed E-state index contributed by atoms with van der Waals surface area (Å²) >= 11 is 1.60. The predicted octanol–water partition coefficient (Wildman–Crippen LogP) is 3.20. The first-order valence-corrected chi connectivity index (χ1v) is 12.0. The molecule has 0 aliphatic carbocycles. The summed E-state index contributed by atoms with van der Waals surface area (Å²) in [4.78, 5) is 28.0. The fourth-order valence-electron chi connectivity index (χ4n) is 3.80. The molecule has 1 aromatic carbocycles. The molecule has 168 valence electrons. The molecular weight excluding hydrogens is 418 g/mol. The molecule has 1 fully saturated rings. The second-order valence-corrected chi connectivity index (χ2v) is 9.38. The molecule has 1 amide bonds. The lowest BCUT2D eigenvalue weighted by molar-refractivity contribution is -0.129. The summed E-state index contributed by atoms with van der Waals surface area (Å²) in [5.74, 6) is 0.0958. The number of aromatic nitrogens is 2. The van der Waals surface area contributed by atoms with Gasteiger partial charge in [0.2, 0.25) is 5.91 Å². The predicted molar refractivity (Wildman–Crippen MR) is 130 cm³/mol. The molecule has 2 aromatic heterocycles. The molecule has 0 atom stereocenters. The van der Waals surface area contributed by atoms with E-state index in [2.05, 4.69) is 46.1 Å². The Balaban J connectivity index is 1.28. The Kier molecular flexibility index (Phi) is 7.63. The van der Waals surface area contributed by atoms with Crippen molar-refractivity contribution in [3.8, 4) is 10.6 Å². The SMILES string of the molecule is CN1CCN(Cc2ccc(-c3nc(CC(=O)N(C)CCc4ccncc4)cs3)cc2)CC1. The van der Waals surface area contributed by atoms with Crippen LogP contribution in [0.3, 0.4) is 0 Å². The highest BCUT2D eigenvalue weighted by Gasteiger charge is 2.15. The zero-order valence-electron chi connectivity index (χ0n) is 18.9.